The molecule has 0 aromatic heterocycles. The zero-order valence-electron chi connectivity index (χ0n) is 22.7. The number of fused-ring (bicyclic) bond motifs is 7. The average Bonchev–Trinajstić information content (AvgIpc) is 3.70. The van der Waals surface area contributed by atoms with E-state index in [1.165, 1.54) is 0 Å². The number of rotatable bonds is 4. The maximum atomic E-state index is 14.8. The lowest BCUT2D eigenvalue weighted by molar-refractivity contribution is -0.122. The number of Topliss-reactive ketones (excluding diaryl/α,β-unsaturated/α-hetero) is 2. The van der Waals surface area contributed by atoms with Crippen molar-refractivity contribution < 1.29 is 23.9 Å². The molecule has 4 atom stereocenters. The molecule has 42 heavy (non-hydrogen) atoms. The molecule has 7 heteroatoms. The van der Waals surface area contributed by atoms with Crippen LogP contribution in [0, 0.1) is 12.8 Å². The van der Waals surface area contributed by atoms with Crippen LogP contribution in [-0.4, -0.2) is 35.2 Å². The standard InChI is InChI=1S/C35H26N2O5/c1-20-10-12-22(13-11-20)31(38)29-30(32(39)23-14-15-27-28(18-23)42-19-41-27)37-17-16-21-6-2-3-7-24(21)33(37)35(29)25-8-4-5-9-26(25)36-34(35)40/h2-18,29-30,33H,19H2,1H3,(H,36,40). The van der Waals surface area contributed by atoms with Gasteiger partial charge in [-0.05, 0) is 54.0 Å². The fourth-order valence-corrected chi connectivity index (χ4v) is 7.29. The molecule has 1 amide bonds. The van der Waals surface area contributed by atoms with Gasteiger partial charge in [-0.2, -0.15) is 0 Å². The fourth-order valence-electron chi connectivity index (χ4n) is 7.29. The Morgan fingerprint density at radius 3 is 2.45 bits per heavy atom. The van der Waals surface area contributed by atoms with Gasteiger partial charge in [-0.25, -0.2) is 0 Å². The van der Waals surface area contributed by atoms with E-state index >= 15 is 0 Å². The summed E-state index contributed by atoms with van der Waals surface area (Å²) in [6, 6.07) is 26.3. The normalized spacial score (nSPS) is 24.3. The van der Waals surface area contributed by atoms with Gasteiger partial charge in [0, 0.05) is 23.0 Å². The summed E-state index contributed by atoms with van der Waals surface area (Å²) in [5.41, 5.74) is 3.73. The number of aryl methyl sites for hydroxylation is 1. The molecule has 8 rings (SSSR count). The van der Waals surface area contributed by atoms with Crippen LogP contribution < -0.4 is 14.8 Å². The van der Waals surface area contributed by atoms with Gasteiger partial charge in [-0.15, -0.1) is 0 Å². The Morgan fingerprint density at radius 2 is 1.60 bits per heavy atom. The second-order valence-corrected chi connectivity index (χ2v) is 11.2. The van der Waals surface area contributed by atoms with Gasteiger partial charge in [0.05, 0.1) is 12.0 Å². The number of hydrogen-bond donors (Lipinski definition) is 1. The number of carbonyl (C=O) groups excluding carboxylic acids is 3. The van der Waals surface area contributed by atoms with E-state index in [0.717, 1.165) is 22.3 Å². The third kappa shape index (κ3) is 3.25. The minimum atomic E-state index is -1.36. The van der Waals surface area contributed by atoms with Crippen molar-refractivity contribution in [2.24, 2.45) is 5.92 Å². The van der Waals surface area contributed by atoms with E-state index in [9.17, 15) is 14.4 Å². The molecule has 4 unspecified atom stereocenters. The zero-order chi connectivity index (χ0) is 28.6. The van der Waals surface area contributed by atoms with Crippen LogP contribution in [0.3, 0.4) is 0 Å². The largest absolute Gasteiger partial charge is 0.454 e. The first-order chi connectivity index (χ1) is 20.5. The van der Waals surface area contributed by atoms with E-state index < -0.39 is 23.4 Å². The molecule has 1 spiro atoms. The van der Waals surface area contributed by atoms with E-state index in [1.807, 2.05) is 84.8 Å². The zero-order valence-corrected chi connectivity index (χ0v) is 22.7. The molecule has 0 bridgehead atoms. The molecule has 4 aromatic carbocycles. The number of nitrogens with one attached hydrogen (secondary N) is 1. The molecule has 1 N–H and O–H groups in total. The van der Waals surface area contributed by atoms with Crippen molar-refractivity contribution in [1.29, 1.82) is 0 Å². The van der Waals surface area contributed by atoms with E-state index in [1.54, 1.807) is 30.3 Å². The summed E-state index contributed by atoms with van der Waals surface area (Å²) in [4.78, 5) is 46.0. The predicted octanol–water partition coefficient (Wildman–Crippen LogP) is 5.71. The van der Waals surface area contributed by atoms with Gasteiger partial charge in [0.2, 0.25) is 12.7 Å². The molecule has 4 aliphatic rings. The second-order valence-electron chi connectivity index (χ2n) is 11.2. The third-order valence-corrected chi connectivity index (χ3v) is 9.11. The van der Waals surface area contributed by atoms with Gasteiger partial charge in [-0.1, -0.05) is 72.3 Å². The number of amides is 1. The molecule has 206 valence electrons. The molecule has 7 nitrogen and oxygen atoms in total. The van der Waals surface area contributed by atoms with Crippen LogP contribution in [-0.2, 0) is 10.2 Å². The first-order valence-electron chi connectivity index (χ1n) is 14.0. The SMILES string of the molecule is Cc1ccc(C(=O)C2C(C(=O)c3ccc4c(c3)OCO4)N3C=Cc4ccccc4C3C23C(=O)Nc2ccccc23)cc1. The van der Waals surface area contributed by atoms with Gasteiger partial charge in [0.1, 0.15) is 11.5 Å². The molecule has 0 saturated carbocycles. The van der Waals surface area contributed by atoms with Crippen LogP contribution >= 0.6 is 0 Å². The quantitative estimate of drug-likeness (QED) is 0.326. The summed E-state index contributed by atoms with van der Waals surface area (Å²) < 4.78 is 11.1. The fraction of sp³-hybridized carbons (Fsp3) is 0.171. The van der Waals surface area contributed by atoms with E-state index in [0.29, 0.717) is 28.3 Å². The summed E-state index contributed by atoms with van der Waals surface area (Å²) >= 11 is 0. The molecule has 1 saturated heterocycles. The lowest BCUT2D eigenvalue weighted by Gasteiger charge is -2.38. The molecular formula is C35H26N2O5. The van der Waals surface area contributed by atoms with Crippen molar-refractivity contribution in [2.75, 3.05) is 12.1 Å². The molecule has 1 fully saturated rings. The average molecular weight is 555 g/mol. The molecule has 4 heterocycles. The number of carbonyl (C=O) groups is 3. The second kappa shape index (κ2) is 8.91. The predicted molar refractivity (Wildman–Crippen MR) is 156 cm³/mol. The first kappa shape index (κ1) is 24.6. The Labute approximate surface area is 242 Å². The van der Waals surface area contributed by atoms with Crippen molar-refractivity contribution in [1.82, 2.24) is 4.90 Å². The number of anilines is 1. The van der Waals surface area contributed by atoms with Gasteiger partial charge in [0.25, 0.3) is 0 Å². The summed E-state index contributed by atoms with van der Waals surface area (Å²) in [7, 11) is 0. The monoisotopic (exact) mass is 554 g/mol. The van der Waals surface area contributed by atoms with Gasteiger partial charge < -0.3 is 19.7 Å². The van der Waals surface area contributed by atoms with Crippen molar-refractivity contribution in [3.05, 3.63) is 131 Å². The van der Waals surface area contributed by atoms with Gasteiger partial charge in [-0.3, -0.25) is 14.4 Å². The Bertz CT molecular complexity index is 1840. The number of hydrogen-bond acceptors (Lipinski definition) is 6. The first-order valence-corrected chi connectivity index (χ1v) is 14.0. The molecule has 4 aliphatic heterocycles. The molecular weight excluding hydrogens is 528 g/mol. The van der Waals surface area contributed by atoms with Crippen LogP contribution in [0.5, 0.6) is 11.5 Å². The Hall–Kier alpha value is -5.17. The Morgan fingerprint density at radius 1 is 0.857 bits per heavy atom. The van der Waals surface area contributed by atoms with Crippen molar-refractivity contribution in [3.8, 4) is 11.5 Å². The van der Waals surface area contributed by atoms with Crippen LogP contribution in [0.15, 0.2) is 97.2 Å². The number of ketones is 2. The lowest BCUT2D eigenvalue weighted by Crippen LogP contribution is -2.49. The maximum Gasteiger partial charge on any atom is 0.238 e. The number of ether oxygens (including phenoxy) is 2. The summed E-state index contributed by atoms with van der Waals surface area (Å²) in [6.45, 7) is 2.04. The molecule has 0 aliphatic carbocycles. The van der Waals surface area contributed by atoms with Crippen LogP contribution in [0.4, 0.5) is 5.69 Å². The number of benzene rings is 4. The highest BCUT2D eigenvalue weighted by Gasteiger charge is 2.70. The minimum absolute atomic E-state index is 0.0821. The highest BCUT2D eigenvalue weighted by Crippen LogP contribution is 2.62. The van der Waals surface area contributed by atoms with E-state index in [4.69, 9.17) is 9.47 Å². The number of nitrogens with zero attached hydrogens (tertiary/aromatic N) is 1. The van der Waals surface area contributed by atoms with Crippen molar-refractivity contribution in [2.45, 2.75) is 24.4 Å². The summed E-state index contributed by atoms with van der Waals surface area (Å²) in [5, 5.41) is 3.08. The summed E-state index contributed by atoms with van der Waals surface area (Å²) in [6.07, 6.45) is 3.83. The van der Waals surface area contributed by atoms with Crippen LogP contribution in [0.2, 0.25) is 0 Å². The molecule has 0 radical (unpaired) electrons. The Kier molecular flexibility index (Phi) is 5.22. The minimum Gasteiger partial charge on any atom is -0.454 e. The highest BCUT2D eigenvalue weighted by atomic mass is 16.7. The van der Waals surface area contributed by atoms with Crippen molar-refractivity contribution in [3.63, 3.8) is 0 Å². The van der Waals surface area contributed by atoms with E-state index in [-0.39, 0.29) is 24.3 Å². The van der Waals surface area contributed by atoms with Crippen LogP contribution in [0.1, 0.15) is 49.0 Å². The molecule has 4 aromatic rings. The number of para-hydroxylation sites is 1. The Balaban J connectivity index is 1.40. The maximum absolute atomic E-state index is 14.8. The van der Waals surface area contributed by atoms with Crippen molar-refractivity contribution >= 4 is 29.2 Å². The third-order valence-electron chi connectivity index (χ3n) is 9.11. The topological polar surface area (TPSA) is 84.9 Å². The van der Waals surface area contributed by atoms with E-state index in [2.05, 4.69) is 5.32 Å². The summed E-state index contributed by atoms with van der Waals surface area (Å²) in [5.74, 6) is -0.772. The van der Waals surface area contributed by atoms with Gasteiger partial charge >= 0.3 is 0 Å². The van der Waals surface area contributed by atoms with Gasteiger partial charge in [0.15, 0.2) is 23.1 Å². The smallest absolute Gasteiger partial charge is 0.238 e. The highest BCUT2D eigenvalue weighted by molar-refractivity contribution is 6.16. The lowest BCUT2D eigenvalue weighted by atomic mass is 9.62. The van der Waals surface area contributed by atoms with Crippen LogP contribution in [0.25, 0.3) is 6.08 Å².